The van der Waals surface area contributed by atoms with Gasteiger partial charge in [0.25, 0.3) is 0 Å². The number of aromatic nitrogens is 1. The summed E-state index contributed by atoms with van der Waals surface area (Å²) in [6.07, 6.45) is 1.58. The molecule has 0 spiro atoms. The Kier molecular flexibility index (Phi) is 4.33. The number of sulfonamides is 1. The van der Waals surface area contributed by atoms with Crippen LogP contribution in [0.2, 0.25) is 0 Å². The third kappa shape index (κ3) is 3.12. The van der Waals surface area contributed by atoms with Crippen LogP contribution in [0, 0.1) is 6.92 Å². The number of nitrogens with one attached hydrogen (secondary N) is 1. The third-order valence-corrected chi connectivity index (χ3v) is 5.81. The van der Waals surface area contributed by atoms with Gasteiger partial charge in [-0.25, -0.2) is 13.1 Å². The van der Waals surface area contributed by atoms with E-state index in [-0.39, 0.29) is 10.9 Å². The second-order valence-electron chi connectivity index (χ2n) is 4.77. The molecule has 1 unspecified atom stereocenters. The summed E-state index contributed by atoms with van der Waals surface area (Å²) in [4.78, 5) is 2.41. The molecule has 7 heteroatoms. The Labute approximate surface area is 123 Å². The average molecular weight is 313 g/mol. The van der Waals surface area contributed by atoms with Crippen LogP contribution in [0.1, 0.15) is 28.4 Å². The van der Waals surface area contributed by atoms with E-state index in [2.05, 4.69) is 4.72 Å². The van der Waals surface area contributed by atoms with Crippen LogP contribution in [-0.2, 0) is 23.6 Å². The van der Waals surface area contributed by atoms with E-state index in [1.165, 1.54) is 0 Å². The molecular weight excluding hydrogens is 294 g/mol. The summed E-state index contributed by atoms with van der Waals surface area (Å²) in [5.41, 5.74) is 6.35. The van der Waals surface area contributed by atoms with Crippen LogP contribution >= 0.6 is 11.3 Å². The predicted molar refractivity (Wildman–Crippen MR) is 81.1 cm³/mol. The minimum Gasteiger partial charge on any atom is -0.352 e. The minimum atomic E-state index is -3.53. The molecular formula is C13H19N3O2S2. The van der Waals surface area contributed by atoms with Gasteiger partial charge in [0.05, 0.1) is 10.9 Å². The monoisotopic (exact) mass is 313 g/mol. The van der Waals surface area contributed by atoms with Crippen molar-refractivity contribution in [2.24, 2.45) is 12.8 Å². The highest BCUT2D eigenvalue weighted by molar-refractivity contribution is 7.89. The van der Waals surface area contributed by atoms with Gasteiger partial charge in [-0.2, -0.15) is 0 Å². The van der Waals surface area contributed by atoms with Crippen LogP contribution < -0.4 is 10.5 Å². The van der Waals surface area contributed by atoms with Crippen LogP contribution in [0.15, 0.2) is 29.3 Å². The maximum atomic E-state index is 12.3. The van der Waals surface area contributed by atoms with Gasteiger partial charge < -0.3 is 10.3 Å². The fourth-order valence-electron chi connectivity index (χ4n) is 1.97. The number of nitrogens with zero attached hydrogens (tertiary/aromatic N) is 1. The summed E-state index contributed by atoms with van der Waals surface area (Å²) in [5, 5.41) is 0. The number of hydrogen-bond donors (Lipinski definition) is 2. The molecule has 0 aromatic carbocycles. The Bertz CT molecular complexity index is 701. The molecule has 0 radical (unpaired) electrons. The first-order valence-electron chi connectivity index (χ1n) is 6.27. The van der Waals surface area contributed by atoms with Gasteiger partial charge in [-0.1, -0.05) is 0 Å². The van der Waals surface area contributed by atoms with Crippen molar-refractivity contribution in [2.45, 2.75) is 31.3 Å². The molecule has 20 heavy (non-hydrogen) atoms. The smallest absolute Gasteiger partial charge is 0.242 e. The zero-order valence-electron chi connectivity index (χ0n) is 11.8. The van der Waals surface area contributed by atoms with E-state index in [0.29, 0.717) is 6.54 Å². The van der Waals surface area contributed by atoms with Gasteiger partial charge in [0.2, 0.25) is 10.0 Å². The van der Waals surface area contributed by atoms with Crippen LogP contribution in [0.25, 0.3) is 0 Å². The zero-order chi connectivity index (χ0) is 14.9. The first-order chi connectivity index (χ1) is 9.33. The van der Waals surface area contributed by atoms with Crippen molar-refractivity contribution in [1.29, 1.82) is 0 Å². The molecule has 0 aliphatic heterocycles. The number of hydrogen-bond acceptors (Lipinski definition) is 4. The molecule has 110 valence electrons. The Morgan fingerprint density at radius 1 is 1.45 bits per heavy atom. The first-order valence-corrected chi connectivity index (χ1v) is 8.57. The lowest BCUT2D eigenvalue weighted by molar-refractivity contribution is 0.568. The summed E-state index contributed by atoms with van der Waals surface area (Å²) in [6, 6.07) is 5.29. The van der Waals surface area contributed by atoms with Crippen LogP contribution in [0.4, 0.5) is 0 Å². The second-order valence-corrected chi connectivity index (χ2v) is 7.81. The third-order valence-electron chi connectivity index (χ3n) is 3.12. The summed E-state index contributed by atoms with van der Waals surface area (Å²) in [7, 11) is -1.74. The second kappa shape index (κ2) is 5.69. The normalized spacial score (nSPS) is 13.6. The molecule has 5 nitrogen and oxygen atoms in total. The van der Waals surface area contributed by atoms with Gasteiger partial charge in [-0.3, -0.25) is 0 Å². The fourth-order valence-corrected chi connectivity index (χ4v) is 4.24. The number of thiophene rings is 1. The quantitative estimate of drug-likeness (QED) is 0.885. The molecule has 0 bridgehead atoms. The molecule has 0 aliphatic rings. The first kappa shape index (κ1) is 15.2. The van der Waals surface area contributed by atoms with Crippen molar-refractivity contribution in [3.63, 3.8) is 0 Å². The van der Waals surface area contributed by atoms with Gasteiger partial charge in [-0.05, 0) is 32.0 Å². The standard InChI is InChI=1S/C13H19N3O2S2/c1-9-4-5-13(19-9)10(2)15-20(17,18)12-6-11(7-14)16(3)8-12/h4-6,8,10,15H,7,14H2,1-3H3. The van der Waals surface area contributed by atoms with E-state index >= 15 is 0 Å². The molecule has 0 aliphatic carbocycles. The Hall–Kier alpha value is -1.15. The average Bonchev–Trinajstić information content (AvgIpc) is 2.95. The number of nitrogens with two attached hydrogens (primary N) is 1. The molecule has 3 N–H and O–H groups in total. The Morgan fingerprint density at radius 3 is 2.65 bits per heavy atom. The van der Waals surface area contributed by atoms with Crippen molar-refractivity contribution in [2.75, 3.05) is 0 Å². The Morgan fingerprint density at radius 2 is 2.15 bits per heavy atom. The molecule has 2 heterocycles. The van der Waals surface area contributed by atoms with Crippen molar-refractivity contribution >= 4 is 21.4 Å². The van der Waals surface area contributed by atoms with E-state index in [0.717, 1.165) is 15.4 Å². The van der Waals surface area contributed by atoms with Gasteiger partial charge in [0.1, 0.15) is 0 Å². The SMILES string of the molecule is Cc1ccc(C(C)NS(=O)(=O)c2cc(CN)n(C)c2)s1. The lowest BCUT2D eigenvalue weighted by atomic mass is 10.3. The van der Waals surface area contributed by atoms with E-state index in [4.69, 9.17) is 5.73 Å². The lowest BCUT2D eigenvalue weighted by Crippen LogP contribution is -2.26. The van der Waals surface area contributed by atoms with Crippen LogP contribution in [0.3, 0.4) is 0 Å². The highest BCUT2D eigenvalue weighted by Crippen LogP contribution is 2.24. The van der Waals surface area contributed by atoms with E-state index in [1.54, 1.807) is 35.2 Å². The van der Waals surface area contributed by atoms with Crippen LogP contribution in [-0.4, -0.2) is 13.0 Å². The van der Waals surface area contributed by atoms with Crippen molar-refractivity contribution < 1.29 is 8.42 Å². The zero-order valence-corrected chi connectivity index (χ0v) is 13.4. The Balaban J connectivity index is 2.22. The molecule has 0 saturated carbocycles. The molecule has 2 aromatic heterocycles. The van der Waals surface area contributed by atoms with E-state index in [9.17, 15) is 8.42 Å². The molecule has 0 saturated heterocycles. The van der Waals surface area contributed by atoms with E-state index in [1.807, 2.05) is 26.0 Å². The van der Waals surface area contributed by atoms with Crippen molar-refractivity contribution in [3.05, 3.63) is 39.8 Å². The number of aryl methyl sites for hydroxylation is 2. The fraction of sp³-hybridized carbons (Fsp3) is 0.385. The predicted octanol–water partition coefficient (Wildman–Crippen LogP) is 1.89. The van der Waals surface area contributed by atoms with Crippen LogP contribution in [0.5, 0.6) is 0 Å². The highest BCUT2D eigenvalue weighted by Gasteiger charge is 2.21. The molecule has 0 amide bonds. The van der Waals surface area contributed by atoms with Crippen molar-refractivity contribution in [1.82, 2.24) is 9.29 Å². The summed E-state index contributed by atoms with van der Waals surface area (Å²) in [5.74, 6) is 0. The largest absolute Gasteiger partial charge is 0.352 e. The topological polar surface area (TPSA) is 77.1 Å². The van der Waals surface area contributed by atoms with E-state index < -0.39 is 10.0 Å². The highest BCUT2D eigenvalue weighted by atomic mass is 32.2. The molecule has 1 atom stereocenters. The van der Waals surface area contributed by atoms with Gasteiger partial charge in [0.15, 0.2) is 0 Å². The maximum Gasteiger partial charge on any atom is 0.242 e. The molecule has 2 aromatic rings. The summed E-state index contributed by atoms with van der Waals surface area (Å²) >= 11 is 1.59. The summed E-state index contributed by atoms with van der Waals surface area (Å²) < 4.78 is 29.1. The van der Waals surface area contributed by atoms with Crippen molar-refractivity contribution in [3.8, 4) is 0 Å². The molecule has 2 rings (SSSR count). The maximum absolute atomic E-state index is 12.3. The number of rotatable bonds is 5. The lowest BCUT2D eigenvalue weighted by Gasteiger charge is -2.11. The minimum absolute atomic E-state index is 0.250. The van der Waals surface area contributed by atoms with Gasteiger partial charge >= 0.3 is 0 Å². The van der Waals surface area contributed by atoms with Gasteiger partial charge in [-0.15, -0.1) is 11.3 Å². The van der Waals surface area contributed by atoms with Gasteiger partial charge in [0, 0.05) is 35.2 Å². The summed E-state index contributed by atoms with van der Waals surface area (Å²) in [6.45, 7) is 4.15. The molecule has 0 fully saturated rings.